The third-order valence-corrected chi connectivity index (χ3v) is 6.64. The van der Waals surface area contributed by atoms with Gasteiger partial charge in [-0.3, -0.25) is 9.36 Å². The molecule has 2 atom stereocenters. The minimum Gasteiger partial charge on any atom is -0.376 e. The summed E-state index contributed by atoms with van der Waals surface area (Å²) in [4.78, 5) is 15.9. The summed E-state index contributed by atoms with van der Waals surface area (Å²) in [5.41, 5.74) is 2.14. The molecule has 1 aliphatic carbocycles. The molecule has 2 aliphatic rings. The SMILES string of the molecule is C[C@H](Sc1nnc(-c2c[nH]c3ccccc23)n1C1CC1)C(=O)NC[C@@H]1CCCO1. The molecule has 152 valence electrons. The number of carbonyl (C=O) groups excluding carboxylic acids is 1. The summed E-state index contributed by atoms with van der Waals surface area (Å²) in [6.45, 7) is 3.30. The van der Waals surface area contributed by atoms with E-state index in [-0.39, 0.29) is 17.3 Å². The van der Waals surface area contributed by atoms with Gasteiger partial charge in [0.1, 0.15) is 0 Å². The number of aromatic amines is 1. The smallest absolute Gasteiger partial charge is 0.233 e. The standard InChI is InChI=1S/C21H25N5O2S/c1-13(20(27)23-11-15-5-4-10-28-15)29-21-25-24-19(26(21)14-8-9-14)17-12-22-18-7-3-2-6-16(17)18/h2-3,6-7,12-15,22H,4-5,8-11H2,1H3,(H,23,27)/t13-,15-/m0/s1. The molecule has 8 heteroatoms. The number of fused-ring (bicyclic) bond motifs is 1. The zero-order valence-corrected chi connectivity index (χ0v) is 17.2. The molecule has 1 saturated heterocycles. The average molecular weight is 412 g/mol. The quantitative estimate of drug-likeness (QED) is 0.581. The van der Waals surface area contributed by atoms with E-state index in [0.29, 0.717) is 12.6 Å². The fourth-order valence-electron chi connectivity index (χ4n) is 3.83. The minimum atomic E-state index is -0.242. The van der Waals surface area contributed by atoms with E-state index in [1.165, 1.54) is 11.8 Å². The number of carbonyl (C=O) groups is 1. The molecule has 3 heterocycles. The van der Waals surface area contributed by atoms with Crippen molar-refractivity contribution >= 4 is 28.6 Å². The van der Waals surface area contributed by atoms with Crippen LogP contribution in [0.4, 0.5) is 0 Å². The average Bonchev–Trinajstić information content (AvgIpc) is 3.13. The van der Waals surface area contributed by atoms with Crippen molar-refractivity contribution in [3.05, 3.63) is 30.5 Å². The number of hydrogen-bond acceptors (Lipinski definition) is 5. The Balaban J connectivity index is 1.35. The number of nitrogens with zero attached hydrogens (tertiary/aromatic N) is 3. The van der Waals surface area contributed by atoms with Crippen molar-refractivity contribution in [1.82, 2.24) is 25.1 Å². The van der Waals surface area contributed by atoms with Crippen LogP contribution in [0.15, 0.2) is 35.6 Å². The van der Waals surface area contributed by atoms with Crippen LogP contribution in [0, 0.1) is 0 Å². The van der Waals surface area contributed by atoms with E-state index >= 15 is 0 Å². The van der Waals surface area contributed by atoms with E-state index in [4.69, 9.17) is 4.74 Å². The van der Waals surface area contributed by atoms with Crippen LogP contribution in [-0.2, 0) is 9.53 Å². The molecule has 29 heavy (non-hydrogen) atoms. The van der Waals surface area contributed by atoms with Crippen molar-refractivity contribution in [1.29, 1.82) is 0 Å². The van der Waals surface area contributed by atoms with Gasteiger partial charge in [0, 0.05) is 41.9 Å². The van der Waals surface area contributed by atoms with Gasteiger partial charge >= 0.3 is 0 Å². The van der Waals surface area contributed by atoms with Gasteiger partial charge in [-0.1, -0.05) is 30.0 Å². The third kappa shape index (κ3) is 3.79. The molecule has 7 nitrogen and oxygen atoms in total. The number of aromatic nitrogens is 4. The molecular formula is C21H25N5O2S. The molecule has 0 unspecified atom stereocenters. The first-order chi connectivity index (χ1) is 14.2. The van der Waals surface area contributed by atoms with E-state index in [0.717, 1.165) is 59.7 Å². The fraction of sp³-hybridized carbons (Fsp3) is 0.476. The van der Waals surface area contributed by atoms with Crippen molar-refractivity contribution in [3.63, 3.8) is 0 Å². The number of amides is 1. The molecule has 2 fully saturated rings. The molecule has 3 aromatic rings. The Bertz CT molecular complexity index is 1020. The molecule has 2 aromatic heterocycles. The first-order valence-corrected chi connectivity index (χ1v) is 11.2. The zero-order chi connectivity index (χ0) is 19.8. The molecule has 0 radical (unpaired) electrons. The van der Waals surface area contributed by atoms with Gasteiger partial charge in [0.2, 0.25) is 5.91 Å². The van der Waals surface area contributed by atoms with Gasteiger partial charge in [0.25, 0.3) is 0 Å². The molecule has 0 spiro atoms. The second kappa shape index (κ2) is 7.84. The van der Waals surface area contributed by atoms with E-state index in [1.807, 2.05) is 25.3 Å². The van der Waals surface area contributed by atoms with Gasteiger partial charge in [0.05, 0.1) is 11.4 Å². The fourth-order valence-corrected chi connectivity index (χ4v) is 4.78. The van der Waals surface area contributed by atoms with Crippen molar-refractivity contribution in [2.75, 3.05) is 13.2 Å². The summed E-state index contributed by atoms with van der Waals surface area (Å²) in [6, 6.07) is 8.63. The van der Waals surface area contributed by atoms with Crippen LogP contribution in [0.1, 0.15) is 38.6 Å². The lowest BCUT2D eigenvalue weighted by Gasteiger charge is -2.15. The lowest BCUT2D eigenvalue weighted by Crippen LogP contribution is -2.36. The van der Waals surface area contributed by atoms with Crippen LogP contribution in [0.5, 0.6) is 0 Å². The van der Waals surface area contributed by atoms with Crippen molar-refractivity contribution in [2.24, 2.45) is 0 Å². The maximum atomic E-state index is 12.6. The van der Waals surface area contributed by atoms with E-state index in [9.17, 15) is 4.79 Å². The highest BCUT2D eigenvalue weighted by molar-refractivity contribution is 8.00. The van der Waals surface area contributed by atoms with Crippen molar-refractivity contribution in [3.8, 4) is 11.4 Å². The van der Waals surface area contributed by atoms with Gasteiger partial charge in [-0.25, -0.2) is 0 Å². The van der Waals surface area contributed by atoms with Crippen LogP contribution < -0.4 is 5.32 Å². The van der Waals surface area contributed by atoms with Crippen LogP contribution in [0.25, 0.3) is 22.3 Å². The van der Waals surface area contributed by atoms with Crippen molar-refractivity contribution in [2.45, 2.75) is 55.2 Å². The predicted molar refractivity (Wildman–Crippen MR) is 113 cm³/mol. The Morgan fingerprint density at radius 1 is 1.34 bits per heavy atom. The summed E-state index contributed by atoms with van der Waals surface area (Å²) in [5.74, 6) is 0.893. The third-order valence-electron chi connectivity index (χ3n) is 5.59. The first kappa shape index (κ1) is 18.7. The summed E-state index contributed by atoms with van der Waals surface area (Å²) in [6.07, 6.45) is 6.50. The Labute approximate surface area is 173 Å². The Morgan fingerprint density at radius 3 is 3.00 bits per heavy atom. The molecule has 5 rings (SSSR count). The number of rotatable bonds is 7. The molecule has 1 aromatic carbocycles. The van der Waals surface area contributed by atoms with Crippen LogP contribution >= 0.6 is 11.8 Å². The first-order valence-electron chi connectivity index (χ1n) is 10.3. The number of H-pyrrole nitrogens is 1. The lowest BCUT2D eigenvalue weighted by atomic mass is 10.1. The molecule has 0 bridgehead atoms. The van der Waals surface area contributed by atoms with Gasteiger partial charge in [-0.05, 0) is 38.7 Å². The van der Waals surface area contributed by atoms with Crippen LogP contribution in [0.2, 0.25) is 0 Å². The second-order valence-corrected chi connectivity index (χ2v) is 9.10. The highest BCUT2D eigenvalue weighted by atomic mass is 32.2. The highest BCUT2D eigenvalue weighted by Gasteiger charge is 2.32. The summed E-state index contributed by atoms with van der Waals surface area (Å²) in [5, 5.41) is 13.7. The van der Waals surface area contributed by atoms with Gasteiger partial charge in [0.15, 0.2) is 11.0 Å². The van der Waals surface area contributed by atoms with E-state index in [2.05, 4.69) is 37.2 Å². The summed E-state index contributed by atoms with van der Waals surface area (Å²) >= 11 is 1.48. The Morgan fingerprint density at radius 2 is 2.21 bits per heavy atom. The van der Waals surface area contributed by atoms with Crippen molar-refractivity contribution < 1.29 is 9.53 Å². The maximum Gasteiger partial charge on any atom is 0.233 e. The van der Waals surface area contributed by atoms with Gasteiger partial charge < -0.3 is 15.0 Å². The topological polar surface area (TPSA) is 84.8 Å². The van der Waals surface area contributed by atoms with Crippen LogP contribution in [0.3, 0.4) is 0 Å². The number of hydrogen-bond donors (Lipinski definition) is 2. The molecule has 2 N–H and O–H groups in total. The van der Waals surface area contributed by atoms with E-state index in [1.54, 1.807) is 0 Å². The number of benzene rings is 1. The zero-order valence-electron chi connectivity index (χ0n) is 16.4. The second-order valence-electron chi connectivity index (χ2n) is 7.80. The number of para-hydroxylation sites is 1. The molecule has 1 saturated carbocycles. The molecule has 1 amide bonds. The highest BCUT2D eigenvalue weighted by Crippen LogP contribution is 2.42. The van der Waals surface area contributed by atoms with Gasteiger partial charge in [-0.15, -0.1) is 10.2 Å². The van der Waals surface area contributed by atoms with Gasteiger partial charge in [-0.2, -0.15) is 0 Å². The van der Waals surface area contributed by atoms with E-state index < -0.39 is 0 Å². The summed E-state index contributed by atoms with van der Waals surface area (Å²) < 4.78 is 7.80. The normalized spacial score (nSPS) is 20.2. The summed E-state index contributed by atoms with van der Waals surface area (Å²) in [7, 11) is 0. The Hall–Kier alpha value is -2.32. The largest absolute Gasteiger partial charge is 0.376 e. The predicted octanol–water partition coefficient (Wildman–Crippen LogP) is 3.54. The number of nitrogens with one attached hydrogen (secondary N) is 2. The van der Waals surface area contributed by atoms with Crippen LogP contribution in [-0.4, -0.2) is 50.2 Å². The number of thioether (sulfide) groups is 1. The minimum absolute atomic E-state index is 0.0180. The molecular weight excluding hydrogens is 386 g/mol. The Kier molecular flexibility index (Phi) is 5.05. The number of ether oxygens (including phenoxy) is 1. The maximum absolute atomic E-state index is 12.6. The lowest BCUT2D eigenvalue weighted by molar-refractivity contribution is -0.120. The monoisotopic (exact) mass is 411 g/mol. The molecule has 1 aliphatic heterocycles.